The number of benzene rings is 1. The molecule has 1 N–H and O–H groups in total. The maximum Gasteiger partial charge on any atom is 0.348 e. The first-order valence-electron chi connectivity index (χ1n) is 8.94. The molecule has 1 aromatic carbocycles. The normalized spacial score (nSPS) is 13.7. The minimum Gasteiger partial charge on any atom is -0.451 e. The van der Waals surface area contributed by atoms with Gasteiger partial charge in [0.15, 0.2) is 6.61 Å². The molecule has 1 saturated heterocycles. The molecular weight excluding hydrogens is 364 g/mol. The average Bonchev–Trinajstić information content (AvgIpc) is 3.25. The molecule has 2 aromatic rings. The lowest BCUT2D eigenvalue weighted by Crippen LogP contribution is -2.24. The number of anilines is 2. The predicted octanol–water partition coefficient (Wildman–Crippen LogP) is 3.54. The van der Waals surface area contributed by atoms with Crippen LogP contribution in [-0.4, -0.2) is 30.9 Å². The van der Waals surface area contributed by atoms with Gasteiger partial charge in [-0.1, -0.05) is 13.0 Å². The first-order valence-corrected chi connectivity index (χ1v) is 9.76. The Morgan fingerprint density at radius 2 is 2.11 bits per heavy atom. The largest absolute Gasteiger partial charge is 0.451 e. The molecule has 0 spiro atoms. The summed E-state index contributed by atoms with van der Waals surface area (Å²) in [4.78, 5) is 39.4. The van der Waals surface area contributed by atoms with Gasteiger partial charge in [0, 0.05) is 29.2 Å². The zero-order chi connectivity index (χ0) is 19.4. The minimum absolute atomic E-state index is 0.0881. The highest BCUT2D eigenvalue weighted by atomic mass is 32.1. The van der Waals surface area contributed by atoms with Crippen LogP contribution in [0.25, 0.3) is 0 Å². The predicted molar refractivity (Wildman–Crippen MR) is 105 cm³/mol. The van der Waals surface area contributed by atoms with Crippen LogP contribution in [-0.2, 0) is 20.7 Å². The van der Waals surface area contributed by atoms with Crippen LogP contribution in [0.4, 0.5) is 11.4 Å². The second-order valence-electron chi connectivity index (χ2n) is 6.39. The second-order valence-corrected chi connectivity index (χ2v) is 7.53. The summed E-state index contributed by atoms with van der Waals surface area (Å²) in [5.74, 6) is -0.822. The van der Waals surface area contributed by atoms with E-state index in [2.05, 4.69) is 5.32 Å². The Kier molecular flexibility index (Phi) is 5.91. The molecule has 2 heterocycles. The van der Waals surface area contributed by atoms with E-state index >= 15 is 0 Å². The highest BCUT2D eigenvalue weighted by molar-refractivity contribution is 7.14. The van der Waals surface area contributed by atoms with Gasteiger partial charge in [0.1, 0.15) is 4.88 Å². The lowest BCUT2D eigenvalue weighted by Gasteiger charge is -2.16. The Hall–Kier alpha value is -2.67. The van der Waals surface area contributed by atoms with Gasteiger partial charge in [0.25, 0.3) is 5.91 Å². The minimum atomic E-state index is -0.491. The van der Waals surface area contributed by atoms with Crippen molar-refractivity contribution in [3.8, 4) is 0 Å². The third-order valence-corrected chi connectivity index (χ3v) is 5.75. The van der Waals surface area contributed by atoms with Gasteiger partial charge in [-0.3, -0.25) is 9.59 Å². The summed E-state index contributed by atoms with van der Waals surface area (Å²) in [6.07, 6.45) is 2.25. The summed E-state index contributed by atoms with van der Waals surface area (Å²) in [7, 11) is 0. The van der Waals surface area contributed by atoms with E-state index in [1.54, 1.807) is 29.2 Å². The molecule has 3 rings (SSSR count). The Bertz CT molecular complexity index is 875. The van der Waals surface area contributed by atoms with E-state index in [4.69, 9.17) is 4.74 Å². The maximum atomic E-state index is 12.1. The number of carbonyl (C=O) groups is 3. The van der Waals surface area contributed by atoms with Gasteiger partial charge in [-0.15, -0.1) is 11.3 Å². The fraction of sp³-hybridized carbons (Fsp3) is 0.350. The molecule has 6 nitrogen and oxygen atoms in total. The monoisotopic (exact) mass is 386 g/mol. The van der Waals surface area contributed by atoms with E-state index in [9.17, 15) is 14.4 Å². The van der Waals surface area contributed by atoms with E-state index in [-0.39, 0.29) is 12.5 Å². The lowest BCUT2D eigenvalue weighted by molar-refractivity contribution is -0.119. The van der Waals surface area contributed by atoms with Gasteiger partial charge in [-0.25, -0.2) is 4.79 Å². The standard InChI is InChI=1S/C20H22N2O4S/c1-3-16-13(2)10-17(27-16)20(25)26-12-18(23)21-14-6-4-7-15(11-14)22-9-5-8-19(22)24/h4,6-7,10-11H,3,5,8-9,12H2,1-2H3,(H,21,23). The van der Waals surface area contributed by atoms with Crippen LogP contribution in [0.15, 0.2) is 30.3 Å². The third kappa shape index (κ3) is 4.54. The van der Waals surface area contributed by atoms with Gasteiger partial charge >= 0.3 is 5.97 Å². The smallest absolute Gasteiger partial charge is 0.348 e. The SMILES string of the molecule is CCc1sc(C(=O)OCC(=O)Nc2cccc(N3CCCC3=O)c2)cc1C. The van der Waals surface area contributed by atoms with Gasteiger partial charge < -0.3 is 15.0 Å². The van der Waals surface area contributed by atoms with Crippen molar-refractivity contribution in [2.24, 2.45) is 0 Å². The van der Waals surface area contributed by atoms with Crippen molar-refractivity contribution in [2.75, 3.05) is 23.4 Å². The fourth-order valence-electron chi connectivity index (χ4n) is 3.04. The quantitative estimate of drug-likeness (QED) is 0.771. The zero-order valence-electron chi connectivity index (χ0n) is 15.4. The molecule has 0 saturated carbocycles. The topological polar surface area (TPSA) is 75.7 Å². The van der Waals surface area contributed by atoms with E-state index in [0.29, 0.717) is 23.5 Å². The van der Waals surface area contributed by atoms with Gasteiger partial charge in [0.05, 0.1) is 0 Å². The second kappa shape index (κ2) is 8.35. The summed E-state index contributed by atoms with van der Waals surface area (Å²) < 4.78 is 5.12. The number of thiophene rings is 1. The number of carbonyl (C=O) groups excluding carboxylic acids is 3. The van der Waals surface area contributed by atoms with Crippen molar-refractivity contribution in [2.45, 2.75) is 33.1 Å². The molecule has 142 valence electrons. The molecule has 0 atom stereocenters. The Labute approximate surface area is 162 Å². The van der Waals surface area contributed by atoms with Crippen LogP contribution in [0.3, 0.4) is 0 Å². The summed E-state index contributed by atoms with van der Waals surface area (Å²) in [5.41, 5.74) is 2.38. The number of hydrogen-bond acceptors (Lipinski definition) is 5. The molecule has 2 amide bonds. The Balaban J connectivity index is 1.56. The molecule has 0 unspecified atom stereocenters. The van der Waals surface area contributed by atoms with Crippen molar-refractivity contribution >= 4 is 40.5 Å². The molecule has 0 bridgehead atoms. The van der Waals surface area contributed by atoms with Crippen LogP contribution in [0.2, 0.25) is 0 Å². The first kappa shape index (κ1) is 19.1. The number of amides is 2. The number of aryl methyl sites for hydroxylation is 2. The van der Waals surface area contributed by atoms with Crippen LogP contribution < -0.4 is 10.2 Å². The summed E-state index contributed by atoms with van der Waals surface area (Å²) in [6, 6.07) is 8.89. The van der Waals surface area contributed by atoms with Crippen molar-refractivity contribution in [3.63, 3.8) is 0 Å². The third-order valence-electron chi connectivity index (χ3n) is 4.39. The average molecular weight is 386 g/mol. The maximum absolute atomic E-state index is 12.1. The van der Waals surface area contributed by atoms with E-state index in [1.807, 2.05) is 19.9 Å². The van der Waals surface area contributed by atoms with Crippen molar-refractivity contribution in [3.05, 3.63) is 45.6 Å². The summed E-state index contributed by atoms with van der Waals surface area (Å²) in [5, 5.41) is 2.70. The summed E-state index contributed by atoms with van der Waals surface area (Å²) in [6.45, 7) is 4.32. The van der Waals surface area contributed by atoms with Crippen molar-refractivity contribution < 1.29 is 19.1 Å². The zero-order valence-corrected chi connectivity index (χ0v) is 16.2. The molecule has 27 heavy (non-hydrogen) atoms. The number of hydrogen-bond donors (Lipinski definition) is 1. The van der Waals surface area contributed by atoms with E-state index < -0.39 is 11.9 Å². The van der Waals surface area contributed by atoms with Gasteiger partial charge in [-0.05, 0) is 49.6 Å². The molecule has 7 heteroatoms. The van der Waals surface area contributed by atoms with Crippen LogP contribution in [0.1, 0.15) is 39.9 Å². The number of nitrogens with one attached hydrogen (secondary N) is 1. The van der Waals surface area contributed by atoms with Crippen molar-refractivity contribution in [1.29, 1.82) is 0 Å². The van der Waals surface area contributed by atoms with Crippen LogP contribution in [0.5, 0.6) is 0 Å². The molecule has 1 aromatic heterocycles. The number of rotatable bonds is 6. The molecule has 1 fully saturated rings. The lowest BCUT2D eigenvalue weighted by atomic mass is 10.2. The molecule has 1 aliphatic heterocycles. The number of nitrogens with zero attached hydrogens (tertiary/aromatic N) is 1. The van der Waals surface area contributed by atoms with Crippen LogP contribution >= 0.6 is 11.3 Å². The first-order chi connectivity index (χ1) is 13.0. The molecular formula is C20H22N2O4S. The number of esters is 1. The van der Waals surface area contributed by atoms with Gasteiger partial charge in [0.2, 0.25) is 5.91 Å². The summed E-state index contributed by atoms with van der Waals surface area (Å²) >= 11 is 1.40. The van der Waals surface area contributed by atoms with E-state index in [0.717, 1.165) is 29.0 Å². The van der Waals surface area contributed by atoms with E-state index in [1.165, 1.54) is 11.3 Å². The highest BCUT2D eigenvalue weighted by Crippen LogP contribution is 2.25. The Morgan fingerprint density at radius 3 is 2.78 bits per heavy atom. The highest BCUT2D eigenvalue weighted by Gasteiger charge is 2.22. The van der Waals surface area contributed by atoms with Crippen molar-refractivity contribution in [1.82, 2.24) is 0 Å². The molecule has 0 aliphatic carbocycles. The van der Waals surface area contributed by atoms with Crippen LogP contribution in [0, 0.1) is 6.92 Å². The van der Waals surface area contributed by atoms with Gasteiger partial charge in [-0.2, -0.15) is 0 Å². The Morgan fingerprint density at radius 1 is 1.30 bits per heavy atom. The molecule has 0 radical (unpaired) electrons. The fourth-order valence-corrected chi connectivity index (χ4v) is 4.05. The molecule has 1 aliphatic rings. The number of ether oxygens (including phenoxy) is 1.